The highest BCUT2D eigenvalue weighted by atomic mass is 32.2. The molecule has 0 radical (unpaired) electrons. The summed E-state index contributed by atoms with van der Waals surface area (Å²) in [7, 11) is 0. The zero-order valence-corrected chi connectivity index (χ0v) is 11.9. The van der Waals surface area contributed by atoms with Crippen LogP contribution in [0.5, 0.6) is 0 Å². The summed E-state index contributed by atoms with van der Waals surface area (Å²) in [5.41, 5.74) is 0. The zero-order chi connectivity index (χ0) is 14.3. The van der Waals surface area contributed by atoms with Gasteiger partial charge in [0.05, 0.1) is 6.54 Å². The van der Waals surface area contributed by atoms with Gasteiger partial charge in [0.25, 0.3) is 0 Å². The van der Waals surface area contributed by atoms with E-state index in [0.717, 1.165) is 12.8 Å². The number of carboxylic acid groups (broad SMARTS) is 1. The van der Waals surface area contributed by atoms with E-state index in [2.05, 4.69) is 11.2 Å². The van der Waals surface area contributed by atoms with Crippen molar-refractivity contribution in [2.24, 2.45) is 5.92 Å². The number of hydrogen-bond donors (Lipinski definition) is 2. The van der Waals surface area contributed by atoms with E-state index < -0.39 is 12.0 Å². The number of urea groups is 1. The highest BCUT2D eigenvalue weighted by Gasteiger charge is 2.28. The van der Waals surface area contributed by atoms with E-state index in [4.69, 9.17) is 11.5 Å². The van der Waals surface area contributed by atoms with E-state index >= 15 is 0 Å². The molecule has 1 aliphatic carbocycles. The van der Waals surface area contributed by atoms with Crippen molar-refractivity contribution in [1.29, 1.82) is 0 Å². The van der Waals surface area contributed by atoms with Gasteiger partial charge in [-0.1, -0.05) is 5.92 Å². The van der Waals surface area contributed by atoms with Gasteiger partial charge in [0.2, 0.25) is 0 Å². The number of carbonyl (C=O) groups is 2. The molecule has 106 valence electrons. The third-order valence-corrected chi connectivity index (χ3v) is 3.60. The summed E-state index contributed by atoms with van der Waals surface area (Å²) in [6, 6.07) is -1.22. The molecule has 0 aromatic rings. The summed E-state index contributed by atoms with van der Waals surface area (Å²) in [5.74, 6) is 2.65. The van der Waals surface area contributed by atoms with E-state index in [0.29, 0.717) is 24.6 Å². The van der Waals surface area contributed by atoms with Crippen molar-refractivity contribution in [3.05, 3.63) is 0 Å². The molecule has 0 saturated heterocycles. The van der Waals surface area contributed by atoms with E-state index in [1.807, 2.05) is 6.26 Å². The Bertz CT molecular complexity index is 363. The van der Waals surface area contributed by atoms with Crippen LogP contribution in [0.3, 0.4) is 0 Å². The van der Waals surface area contributed by atoms with Gasteiger partial charge in [-0.3, -0.25) is 0 Å². The predicted molar refractivity (Wildman–Crippen MR) is 76.1 cm³/mol. The first-order valence-corrected chi connectivity index (χ1v) is 7.68. The first-order chi connectivity index (χ1) is 9.08. The van der Waals surface area contributed by atoms with Crippen LogP contribution in [0.25, 0.3) is 0 Å². The molecule has 0 heterocycles. The van der Waals surface area contributed by atoms with Gasteiger partial charge in [0, 0.05) is 6.54 Å². The Morgan fingerprint density at radius 3 is 2.74 bits per heavy atom. The second-order valence-electron chi connectivity index (χ2n) is 4.65. The van der Waals surface area contributed by atoms with Gasteiger partial charge >= 0.3 is 12.0 Å². The van der Waals surface area contributed by atoms with Gasteiger partial charge < -0.3 is 15.3 Å². The van der Waals surface area contributed by atoms with Gasteiger partial charge in [-0.15, -0.1) is 6.42 Å². The molecule has 19 heavy (non-hydrogen) atoms. The van der Waals surface area contributed by atoms with Crippen LogP contribution in [0.4, 0.5) is 4.79 Å². The van der Waals surface area contributed by atoms with Crippen molar-refractivity contribution in [3.8, 4) is 12.3 Å². The molecule has 0 aliphatic heterocycles. The molecule has 2 amide bonds. The molecular weight excluding hydrogens is 264 g/mol. The molecule has 1 fully saturated rings. The number of thioether (sulfide) groups is 1. The monoisotopic (exact) mass is 284 g/mol. The molecular formula is C13H20N2O3S. The van der Waals surface area contributed by atoms with Gasteiger partial charge in [-0.25, -0.2) is 9.59 Å². The Morgan fingerprint density at radius 2 is 2.26 bits per heavy atom. The summed E-state index contributed by atoms with van der Waals surface area (Å²) < 4.78 is 0. The standard InChI is InChI=1S/C13H20N2O3S/c1-3-7-15(9-10-4-5-10)13(18)14-11(12(16)17)6-8-19-2/h1,10-11H,4-9H2,2H3,(H,14,18)(H,16,17)/t11-/m0/s1. The summed E-state index contributed by atoms with van der Waals surface area (Å²) in [5, 5.41) is 11.6. The Labute approximate surface area is 118 Å². The predicted octanol–water partition coefficient (Wildman–Crippen LogP) is 1.25. The number of nitrogens with one attached hydrogen (secondary N) is 1. The molecule has 1 saturated carbocycles. The van der Waals surface area contributed by atoms with Crippen LogP contribution < -0.4 is 5.32 Å². The minimum Gasteiger partial charge on any atom is -0.480 e. The molecule has 6 heteroatoms. The summed E-state index contributed by atoms with van der Waals surface area (Å²) in [6.07, 6.45) is 9.78. The number of nitrogens with zero attached hydrogens (tertiary/aromatic N) is 1. The minimum atomic E-state index is -1.01. The molecule has 0 unspecified atom stereocenters. The molecule has 0 bridgehead atoms. The Balaban J connectivity index is 2.51. The fourth-order valence-corrected chi connectivity index (χ4v) is 2.15. The average Bonchev–Trinajstić information content (AvgIpc) is 3.17. The number of carboxylic acids is 1. The normalized spacial score (nSPS) is 15.4. The van der Waals surface area contributed by atoms with Gasteiger partial charge in [0.1, 0.15) is 6.04 Å². The maximum atomic E-state index is 12.0. The maximum absolute atomic E-state index is 12.0. The van der Waals surface area contributed by atoms with Crippen molar-refractivity contribution in [1.82, 2.24) is 10.2 Å². The maximum Gasteiger partial charge on any atom is 0.326 e. The van der Waals surface area contributed by atoms with E-state index in [-0.39, 0.29) is 12.6 Å². The van der Waals surface area contributed by atoms with Gasteiger partial charge in [-0.2, -0.15) is 11.8 Å². The molecule has 0 spiro atoms. The smallest absolute Gasteiger partial charge is 0.326 e. The molecule has 0 aromatic heterocycles. The van der Waals surface area contributed by atoms with Crippen LogP contribution in [-0.4, -0.2) is 53.1 Å². The quantitative estimate of drug-likeness (QED) is 0.658. The Kier molecular flexibility index (Phi) is 6.57. The summed E-state index contributed by atoms with van der Waals surface area (Å²) in [6.45, 7) is 0.835. The van der Waals surface area contributed by atoms with Gasteiger partial charge in [-0.05, 0) is 37.2 Å². The van der Waals surface area contributed by atoms with Crippen LogP contribution in [-0.2, 0) is 4.79 Å². The van der Waals surface area contributed by atoms with E-state index in [9.17, 15) is 9.59 Å². The van der Waals surface area contributed by atoms with Crippen LogP contribution in [0.1, 0.15) is 19.3 Å². The number of carbonyl (C=O) groups excluding carboxylic acids is 1. The Morgan fingerprint density at radius 1 is 1.58 bits per heavy atom. The lowest BCUT2D eigenvalue weighted by atomic mass is 10.2. The van der Waals surface area contributed by atoms with Crippen molar-refractivity contribution < 1.29 is 14.7 Å². The lowest BCUT2D eigenvalue weighted by Gasteiger charge is -2.23. The van der Waals surface area contributed by atoms with E-state index in [1.165, 1.54) is 4.90 Å². The molecule has 2 N–H and O–H groups in total. The first kappa shape index (κ1) is 15.7. The number of terminal acetylenes is 1. The van der Waals surface area contributed by atoms with Crippen molar-refractivity contribution in [2.45, 2.75) is 25.3 Å². The van der Waals surface area contributed by atoms with Crippen LogP contribution in [0.15, 0.2) is 0 Å². The number of aliphatic carboxylic acids is 1. The van der Waals surface area contributed by atoms with Crippen molar-refractivity contribution in [3.63, 3.8) is 0 Å². The van der Waals surface area contributed by atoms with Crippen LogP contribution in [0, 0.1) is 18.3 Å². The highest BCUT2D eigenvalue weighted by molar-refractivity contribution is 7.98. The molecule has 0 aromatic carbocycles. The third-order valence-electron chi connectivity index (χ3n) is 2.95. The number of amides is 2. The van der Waals surface area contributed by atoms with Crippen LogP contribution in [0.2, 0.25) is 0 Å². The molecule has 5 nitrogen and oxygen atoms in total. The zero-order valence-electron chi connectivity index (χ0n) is 11.1. The Hall–Kier alpha value is -1.35. The second-order valence-corrected chi connectivity index (χ2v) is 5.64. The fourth-order valence-electron chi connectivity index (χ4n) is 1.67. The summed E-state index contributed by atoms with van der Waals surface area (Å²) in [4.78, 5) is 24.6. The largest absolute Gasteiger partial charge is 0.480 e. The van der Waals surface area contributed by atoms with Crippen molar-refractivity contribution >= 4 is 23.8 Å². The number of hydrogen-bond acceptors (Lipinski definition) is 3. The minimum absolute atomic E-state index is 0.219. The molecule has 1 rings (SSSR count). The lowest BCUT2D eigenvalue weighted by molar-refractivity contribution is -0.139. The lowest BCUT2D eigenvalue weighted by Crippen LogP contribution is -2.48. The first-order valence-electron chi connectivity index (χ1n) is 6.29. The van der Waals surface area contributed by atoms with Crippen molar-refractivity contribution in [2.75, 3.05) is 25.1 Å². The SMILES string of the molecule is C#CCN(CC1CC1)C(=O)N[C@@H](CCSC)C(=O)O. The highest BCUT2D eigenvalue weighted by Crippen LogP contribution is 2.29. The second kappa shape index (κ2) is 7.95. The topological polar surface area (TPSA) is 69.6 Å². The van der Waals surface area contributed by atoms with Crippen LogP contribution >= 0.6 is 11.8 Å². The van der Waals surface area contributed by atoms with Gasteiger partial charge in [0.15, 0.2) is 0 Å². The van der Waals surface area contributed by atoms with E-state index in [1.54, 1.807) is 11.8 Å². The third kappa shape index (κ3) is 5.88. The molecule has 1 aliphatic rings. The molecule has 1 atom stereocenters. The summed E-state index contributed by atoms with van der Waals surface area (Å²) >= 11 is 1.55. The average molecular weight is 284 g/mol. The number of rotatable bonds is 8. The fraction of sp³-hybridized carbons (Fsp3) is 0.692.